The van der Waals surface area contributed by atoms with Crippen LogP contribution in [-0.2, 0) is 0 Å². The highest BCUT2D eigenvalue weighted by molar-refractivity contribution is 6.08. The standard InChI is InChI=1S/C15H33B/c1-6-12(2)14(4)15(5)13(3)10-8-7-9-11-16/h12-15H,6-11,16H2,1-5H3. The first kappa shape index (κ1) is 16.1. The minimum absolute atomic E-state index is 0.881. The lowest BCUT2D eigenvalue weighted by molar-refractivity contribution is 0.198. The summed E-state index contributed by atoms with van der Waals surface area (Å²) in [5.41, 5.74) is 0. The van der Waals surface area contributed by atoms with Crippen LogP contribution in [0.3, 0.4) is 0 Å². The molecule has 0 heterocycles. The third-order valence-corrected chi connectivity index (χ3v) is 4.78. The van der Waals surface area contributed by atoms with E-state index in [1.807, 2.05) is 0 Å². The van der Waals surface area contributed by atoms with E-state index in [0.717, 1.165) is 23.7 Å². The molecule has 0 rings (SSSR count). The van der Waals surface area contributed by atoms with Gasteiger partial charge in [-0.15, -0.1) is 0 Å². The summed E-state index contributed by atoms with van der Waals surface area (Å²) >= 11 is 0. The van der Waals surface area contributed by atoms with Crippen molar-refractivity contribution >= 4 is 7.85 Å². The van der Waals surface area contributed by atoms with E-state index in [1.165, 1.54) is 38.4 Å². The van der Waals surface area contributed by atoms with Gasteiger partial charge in [0.2, 0.25) is 0 Å². The maximum Gasteiger partial charge on any atom is 0.101 e. The Morgan fingerprint density at radius 2 is 1.38 bits per heavy atom. The average molecular weight is 224 g/mol. The molecule has 0 saturated carbocycles. The molecular formula is C15H33B. The first-order valence-electron chi connectivity index (χ1n) is 7.54. The van der Waals surface area contributed by atoms with Gasteiger partial charge in [0, 0.05) is 0 Å². The summed E-state index contributed by atoms with van der Waals surface area (Å²) in [5.74, 6) is 3.55. The van der Waals surface area contributed by atoms with Crippen LogP contribution in [0.15, 0.2) is 0 Å². The fourth-order valence-electron chi connectivity index (χ4n) is 2.56. The molecular weight excluding hydrogens is 191 g/mol. The van der Waals surface area contributed by atoms with Crippen molar-refractivity contribution in [3.63, 3.8) is 0 Å². The smallest absolute Gasteiger partial charge is 0.0811 e. The van der Waals surface area contributed by atoms with Crippen molar-refractivity contribution in [2.75, 3.05) is 0 Å². The SMILES string of the molecule is BCCCCCC(C)C(C)C(C)C(C)CC. The highest BCUT2D eigenvalue weighted by atomic mass is 14.3. The van der Waals surface area contributed by atoms with Crippen LogP contribution in [-0.4, -0.2) is 7.85 Å². The van der Waals surface area contributed by atoms with Crippen LogP contribution in [0.4, 0.5) is 0 Å². The summed E-state index contributed by atoms with van der Waals surface area (Å²) in [5, 5.41) is 0. The highest BCUT2D eigenvalue weighted by Crippen LogP contribution is 2.31. The molecule has 0 aliphatic rings. The van der Waals surface area contributed by atoms with Crippen LogP contribution in [0, 0.1) is 23.7 Å². The normalized spacial score (nSPS) is 19.1. The molecule has 4 atom stereocenters. The Balaban J connectivity index is 3.83. The summed E-state index contributed by atoms with van der Waals surface area (Å²) in [6.07, 6.45) is 8.41. The molecule has 16 heavy (non-hydrogen) atoms. The molecule has 4 unspecified atom stereocenters. The van der Waals surface area contributed by atoms with Crippen molar-refractivity contribution in [1.29, 1.82) is 0 Å². The Hall–Kier alpha value is 0.0649. The van der Waals surface area contributed by atoms with Crippen LogP contribution >= 0.6 is 0 Å². The third kappa shape index (κ3) is 5.96. The Morgan fingerprint density at radius 3 is 1.88 bits per heavy atom. The minimum atomic E-state index is 0.881. The molecule has 96 valence electrons. The third-order valence-electron chi connectivity index (χ3n) is 4.78. The maximum absolute atomic E-state index is 2.46. The van der Waals surface area contributed by atoms with Gasteiger partial charge in [-0.1, -0.05) is 73.0 Å². The second kappa shape index (κ2) is 9.13. The van der Waals surface area contributed by atoms with E-state index in [9.17, 15) is 0 Å². The molecule has 0 aromatic heterocycles. The van der Waals surface area contributed by atoms with E-state index >= 15 is 0 Å². The van der Waals surface area contributed by atoms with Crippen molar-refractivity contribution in [3.05, 3.63) is 0 Å². The molecule has 0 amide bonds. The van der Waals surface area contributed by atoms with Crippen molar-refractivity contribution in [2.24, 2.45) is 23.7 Å². The lowest BCUT2D eigenvalue weighted by Crippen LogP contribution is -2.22. The zero-order chi connectivity index (χ0) is 12.6. The average Bonchev–Trinajstić information content (AvgIpc) is 2.31. The Labute approximate surface area is 105 Å². The minimum Gasteiger partial charge on any atom is -0.0811 e. The molecule has 0 aliphatic carbocycles. The van der Waals surface area contributed by atoms with Crippen LogP contribution in [0.5, 0.6) is 0 Å². The van der Waals surface area contributed by atoms with Crippen LogP contribution in [0.2, 0.25) is 6.32 Å². The van der Waals surface area contributed by atoms with Gasteiger partial charge in [0.25, 0.3) is 0 Å². The van der Waals surface area contributed by atoms with E-state index in [0.29, 0.717) is 0 Å². The lowest BCUT2D eigenvalue weighted by Gasteiger charge is -2.30. The Bertz CT molecular complexity index is 156. The summed E-state index contributed by atoms with van der Waals surface area (Å²) in [7, 11) is 2.29. The first-order valence-corrected chi connectivity index (χ1v) is 7.54. The second-order valence-corrected chi connectivity index (χ2v) is 5.93. The quantitative estimate of drug-likeness (QED) is 0.398. The summed E-state index contributed by atoms with van der Waals surface area (Å²) in [4.78, 5) is 0. The van der Waals surface area contributed by atoms with Crippen LogP contribution in [0.25, 0.3) is 0 Å². The Kier molecular flexibility index (Phi) is 9.17. The van der Waals surface area contributed by atoms with Crippen molar-refractivity contribution in [1.82, 2.24) is 0 Å². The van der Waals surface area contributed by atoms with Crippen molar-refractivity contribution in [2.45, 2.75) is 73.0 Å². The zero-order valence-electron chi connectivity index (χ0n) is 12.6. The van der Waals surface area contributed by atoms with Crippen molar-refractivity contribution < 1.29 is 0 Å². The molecule has 0 aromatic rings. The van der Waals surface area contributed by atoms with Crippen molar-refractivity contribution in [3.8, 4) is 0 Å². The molecule has 0 aliphatic heterocycles. The molecule has 0 spiro atoms. The van der Waals surface area contributed by atoms with E-state index < -0.39 is 0 Å². The molecule has 0 radical (unpaired) electrons. The van der Waals surface area contributed by atoms with Gasteiger partial charge in [0.1, 0.15) is 7.85 Å². The second-order valence-electron chi connectivity index (χ2n) is 5.93. The van der Waals surface area contributed by atoms with Gasteiger partial charge in [-0.2, -0.15) is 0 Å². The predicted octanol–water partition coefficient (Wildman–Crippen LogP) is 4.55. The number of hydrogen-bond acceptors (Lipinski definition) is 0. The van der Waals surface area contributed by atoms with Gasteiger partial charge < -0.3 is 0 Å². The molecule has 1 heteroatoms. The topological polar surface area (TPSA) is 0 Å². The molecule has 0 fully saturated rings. The lowest BCUT2D eigenvalue weighted by atomic mass is 9.76. The fraction of sp³-hybridized carbons (Fsp3) is 1.00. The van der Waals surface area contributed by atoms with Gasteiger partial charge in [-0.3, -0.25) is 0 Å². The molecule has 0 N–H and O–H groups in total. The number of unbranched alkanes of at least 4 members (excludes halogenated alkanes) is 2. The van der Waals surface area contributed by atoms with E-state index in [4.69, 9.17) is 0 Å². The maximum atomic E-state index is 2.46. The van der Waals surface area contributed by atoms with E-state index in [-0.39, 0.29) is 0 Å². The van der Waals surface area contributed by atoms with E-state index in [2.05, 4.69) is 42.5 Å². The number of hydrogen-bond donors (Lipinski definition) is 0. The molecule has 0 saturated heterocycles. The zero-order valence-corrected chi connectivity index (χ0v) is 12.6. The molecule has 0 nitrogen and oxygen atoms in total. The summed E-state index contributed by atoms with van der Waals surface area (Å²) in [6, 6.07) is 0. The van der Waals surface area contributed by atoms with Gasteiger partial charge in [-0.25, -0.2) is 0 Å². The van der Waals surface area contributed by atoms with E-state index in [1.54, 1.807) is 0 Å². The van der Waals surface area contributed by atoms with Gasteiger partial charge in [-0.05, 0) is 23.7 Å². The van der Waals surface area contributed by atoms with Crippen LogP contribution < -0.4 is 0 Å². The highest BCUT2D eigenvalue weighted by Gasteiger charge is 2.22. The number of rotatable bonds is 9. The first-order chi connectivity index (χ1) is 7.54. The summed E-state index contributed by atoms with van der Waals surface area (Å²) < 4.78 is 0. The monoisotopic (exact) mass is 224 g/mol. The van der Waals surface area contributed by atoms with Gasteiger partial charge in [0.05, 0.1) is 0 Å². The predicted molar refractivity (Wildman–Crippen MR) is 78.8 cm³/mol. The van der Waals surface area contributed by atoms with Gasteiger partial charge in [0.15, 0.2) is 0 Å². The van der Waals surface area contributed by atoms with Crippen LogP contribution in [0.1, 0.15) is 66.7 Å². The summed E-state index contributed by atoms with van der Waals surface area (Å²) in [6.45, 7) is 12.1. The Morgan fingerprint density at radius 1 is 0.812 bits per heavy atom. The fourth-order valence-corrected chi connectivity index (χ4v) is 2.56. The molecule has 0 bridgehead atoms. The van der Waals surface area contributed by atoms with Gasteiger partial charge >= 0.3 is 0 Å². The molecule has 0 aromatic carbocycles. The largest absolute Gasteiger partial charge is 0.101 e.